The molecule has 2 N–H and O–H groups in total. The third kappa shape index (κ3) is 3.67. The fourth-order valence-corrected chi connectivity index (χ4v) is 2.19. The van der Waals surface area contributed by atoms with Gasteiger partial charge in [0.05, 0.1) is 0 Å². The van der Waals surface area contributed by atoms with E-state index in [0.717, 1.165) is 30.5 Å². The maximum Gasteiger partial charge on any atom is 0.123 e. The van der Waals surface area contributed by atoms with E-state index in [9.17, 15) is 4.39 Å². The van der Waals surface area contributed by atoms with Gasteiger partial charge in [0.2, 0.25) is 0 Å². The van der Waals surface area contributed by atoms with E-state index in [2.05, 4.69) is 30.0 Å². The van der Waals surface area contributed by atoms with Gasteiger partial charge in [0.1, 0.15) is 5.82 Å². The summed E-state index contributed by atoms with van der Waals surface area (Å²) in [5, 5.41) is 0. The zero-order chi connectivity index (χ0) is 13.8. The number of nitrogens with two attached hydrogens (primary N) is 1. The van der Waals surface area contributed by atoms with Gasteiger partial charge in [-0.25, -0.2) is 4.39 Å². The average Bonchev–Trinajstić information content (AvgIpc) is 2.80. The van der Waals surface area contributed by atoms with Gasteiger partial charge in [-0.1, -0.05) is 13.0 Å². The molecule has 0 aliphatic carbocycles. The first-order valence-corrected chi connectivity index (χ1v) is 6.73. The second-order valence-electron chi connectivity index (χ2n) is 5.14. The van der Waals surface area contributed by atoms with Crippen molar-refractivity contribution in [2.45, 2.75) is 39.3 Å². The minimum absolute atomic E-state index is 0.177. The molecule has 102 valence electrons. The van der Waals surface area contributed by atoms with Crippen molar-refractivity contribution in [3.05, 3.63) is 59.2 Å². The predicted molar refractivity (Wildman–Crippen MR) is 76.6 cm³/mol. The molecule has 0 aliphatic heterocycles. The number of nitrogens with zero attached hydrogens (tertiary/aromatic N) is 1. The van der Waals surface area contributed by atoms with Crippen molar-refractivity contribution in [3.8, 4) is 0 Å². The summed E-state index contributed by atoms with van der Waals surface area (Å²) in [5.41, 5.74) is 9.34. The van der Waals surface area contributed by atoms with Crippen molar-refractivity contribution in [2.75, 3.05) is 0 Å². The summed E-state index contributed by atoms with van der Waals surface area (Å²) < 4.78 is 15.2. The monoisotopic (exact) mass is 260 g/mol. The van der Waals surface area contributed by atoms with Crippen molar-refractivity contribution < 1.29 is 4.39 Å². The zero-order valence-electron chi connectivity index (χ0n) is 11.6. The summed E-state index contributed by atoms with van der Waals surface area (Å²) in [7, 11) is 0. The van der Waals surface area contributed by atoms with Crippen LogP contribution in [0.15, 0.2) is 36.7 Å². The number of benzene rings is 1. The third-order valence-electron chi connectivity index (χ3n) is 3.49. The second kappa shape index (κ2) is 6.02. The van der Waals surface area contributed by atoms with Crippen molar-refractivity contribution in [2.24, 2.45) is 5.73 Å². The molecule has 0 amide bonds. The molecular formula is C16H21FN2. The summed E-state index contributed by atoms with van der Waals surface area (Å²) in [4.78, 5) is 0. The molecule has 0 aliphatic rings. The van der Waals surface area contributed by atoms with E-state index in [1.165, 1.54) is 11.6 Å². The Bertz CT molecular complexity index is 545. The molecule has 19 heavy (non-hydrogen) atoms. The maximum absolute atomic E-state index is 13.1. The van der Waals surface area contributed by atoms with Gasteiger partial charge in [0.15, 0.2) is 0 Å². The summed E-state index contributed by atoms with van der Waals surface area (Å²) in [5.74, 6) is -0.177. The lowest BCUT2D eigenvalue weighted by Gasteiger charge is -2.08. The Balaban J connectivity index is 2.07. The molecule has 1 aromatic heterocycles. The Kier molecular flexibility index (Phi) is 4.38. The number of rotatable bonds is 5. The number of aryl methyl sites for hydroxylation is 1. The number of halogens is 1. The minimum atomic E-state index is -0.177. The molecule has 1 unspecified atom stereocenters. The highest BCUT2D eigenvalue weighted by molar-refractivity contribution is 5.27. The summed E-state index contributed by atoms with van der Waals surface area (Å²) in [6.45, 7) is 4.81. The topological polar surface area (TPSA) is 30.9 Å². The average molecular weight is 260 g/mol. The lowest BCUT2D eigenvalue weighted by atomic mass is 10.1. The van der Waals surface area contributed by atoms with Gasteiger partial charge < -0.3 is 10.3 Å². The highest BCUT2D eigenvalue weighted by atomic mass is 19.1. The van der Waals surface area contributed by atoms with E-state index >= 15 is 0 Å². The van der Waals surface area contributed by atoms with E-state index in [-0.39, 0.29) is 11.9 Å². The second-order valence-corrected chi connectivity index (χ2v) is 5.14. The largest absolute Gasteiger partial charge is 0.350 e. The Morgan fingerprint density at radius 3 is 2.79 bits per heavy atom. The molecule has 0 saturated carbocycles. The van der Waals surface area contributed by atoms with Crippen LogP contribution in [0, 0.1) is 12.7 Å². The lowest BCUT2D eigenvalue weighted by Crippen LogP contribution is -2.21. The standard InChI is InChI=1S/C16H21FN2/c1-3-16(18)9-13-6-7-19(10-13)11-14-4-5-15(17)8-12(14)2/h4-8,10,16H,3,9,11,18H2,1-2H3. The van der Waals surface area contributed by atoms with E-state index in [1.54, 1.807) is 6.07 Å². The SMILES string of the molecule is CCC(N)Cc1ccn(Cc2ccc(F)cc2C)c1. The Hall–Kier alpha value is -1.61. The van der Waals surface area contributed by atoms with Crippen LogP contribution in [0.5, 0.6) is 0 Å². The van der Waals surface area contributed by atoms with Crippen LogP contribution in [-0.2, 0) is 13.0 Å². The van der Waals surface area contributed by atoms with Crippen LogP contribution in [0.4, 0.5) is 4.39 Å². The molecule has 2 aromatic rings. The lowest BCUT2D eigenvalue weighted by molar-refractivity contribution is 0.624. The van der Waals surface area contributed by atoms with Crippen LogP contribution < -0.4 is 5.73 Å². The number of hydrogen-bond donors (Lipinski definition) is 1. The van der Waals surface area contributed by atoms with Crippen molar-refractivity contribution in [1.29, 1.82) is 0 Å². The zero-order valence-corrected chi connectivity index (χ0v) is 11.6. The Labute approximate surface area is 114 Å². The van der Waals surface area contributed by atoms with Gasteiger partial charge in [-0.2, -0.15) is 0 Å². The first-order chi connectivity index (χ1) is 9.08. The van der Waals surface area contributed by atoms with Crippen LogP contribution in [0.25, 0.3) is 0 Å². The quantitative estimate of drug-likeness (QED) is 0.879. The van der Waals surface area contributed by atoms with Crippen LogP contribution >= 0.6 is 0 Å². The van der Waals surface area contributed by atoms with Crippen molar-refractivity contribution >= 4 is 0 Å². The summed E-state index contributed by atoms with van der Waals surface area (Å²) >= 11 is 0. The molecular weight excluding hydrogens is 239 g/mol. The molecule has 1 aromatic carbocycles. The molecule has 2 rings (SSSR count). The first-order valence-electron chi connectivity index (χ1n) is 6.73. The molecule has 3 heteroatoms. The van der Waals surface area contributed by atoms with Gasteiger partial charge in [0, 0.05) is 25.0 Å². The molecule has 0 bridgehead atoms. The number of aromatic nitrogens is 1. The van der Waals surface area contributed by atoms with Gasteiger partial charge in [-0.15, -0.1) is 0 Å². The molecule has 1 atom stereocenters. The van der Waals surface area contributed by atoms with Crippen molar-refractivity contribution in [1.82, 2.24) is 4.57 Å². The van der Waals surface area contributed by atoms with E-state index in [4.69, 9.17) is 5.73 Å². The fraction of sp³-hybridized carbons (Fsp3) is 0.375. The van der Waals surface area contributed by atoms with Gasteiger partial charge in [-0.3, -0.25) is 0 Å². The van der Waals surface area contributed by atoms with Crippen LogP contribution in [-0.4, -0.2) is 10.6 Å². The molecule has 0 fully saturated rings. The van der Waals surface area contributed by atoms with Gasteiger partial charge in [0.25, 0.3) is 0 Å². The van der Waals surface area contributed by atoms with Gasteiger partial charge in [-0.05, 0) is 54.7 Å². The molecule has 0 spiro atoms. The van der Waals surface area contributed by atoms with Crippen LogP contribution in [0.2, 0.25) is 0 Å². The fourth-order valence-electron chi connectivity index (χ4n) is 2.19. The molecule has 1 heterocycles. The van der Waals surface area contributed by atoms with E-state index < -0.39 is 0 Å². The minimum Gasteiger partial charge on any atom is -0.350 e. The Morgan fingerprint density at radius 1 is 1.32 bits per heavy atom. The van der Waals surface area contributed by atoms with Gasteiger partial charge >= 0.3 is 0 Å². The van der Waals surface area contributed by atoms with Crippen molar-refractivity contribution in [3.63, 3.8) is 0 Å². The van der Waals surface area contributed by atoms with E-state index in [1.807, 2.05) is 13.0 Å². The molecule has 0 radical (unpaired) electrons. The molecule has 2 nitrogen and oxygen atoms in total. The maximum atomic E-state index is 13.1. The normalized spacial score (nSPS) is 12.6. The van der Waals surface area contributed by atoms with Crippen LogP contribution in [0.1, 0.15) is 30.0 Å². The molecule has 0 saturated heterocycles. The van der Waals surface area contributed by atoms with Crippen LogP contribution in [0.3, 0.4) is 0 Å². The first kappa shape index (κ1) is 13.8. The summed E-state index contributed by atoms with van der Waals surface area (Å²) in [6, 6.07) is 7.27. The highest BCUT2D eigenvalue weighted by Gasteiger charge is 2.05. The highest BCUT2D eigenvalue weighted by Crippen LogP contribution is 2.13. The predicted octanol–water partition coefficient (Wildman–Crippen LogP) is 3.26. The summed E-state index contributed by atoms with van der Waals surface area (Å²) in [6.07, 6.45) is 6.08. The smallest absolute Gasteiger partial charge is 0.123 e. The number of hydrogen-bond acceptors (Lipinski definition) is 1. The Morgan fingerprint density at radius 2 is 2.11 bits per heavy atom. The van der Waals surface area contributed by atoms with E-state index in [0.29, 0.717) is 0 Å². The third-order valence-corrected chi connectivity index (χ3v) is 3.49.